The first kappa shape index (κ1) is 14.9. The first-order valence-corrected chi connectivity index (χ1v) is 7.23. The maximum absolute atomic E-state index is 11.1. The molecular weight excluding hydrogens is 254 g/mol. The maximum atomic E-state index is 11.1. The molecule has 20 heavy (non-hydrogen) atoms. The van der Waals surface area contributed by atoms with Crippen molar-refractivity contribution in [1.29, 1.82) is 0 Å². The number of nitrogens with one attached hydrogen (secondary N) is 1. The Morgan fingerprint density at radius 2 is 2.05 bits per heavy atom. The highest BCUT2D eigenvalue weighted by Gasteiger charge is 2.27. The van der Waals surface area contributed by atoms with E-state index in [1.165, 1.54) is 5.56 Å². The van der Waals surface area contributed by atoms with Crippen molar-refractivity contribution >= 4 is 5.97 Å². The van der Waals surface area contributed by atoms with Crippen molar-refractivity contribution in [3.63, 3.8) is 0 Å². The minimum atomic E-state index is -0.659. The molecule has 2 rings (SSSR count). The first-order valence-electron chi connectivity index (χ1n) is 7.23. The standard InChI is InChI=1S/C16H23NO3/c1-11(12-6-8-15(20-2)9-7-12)17-14-5-3-4-13(10-14)16(18)19/h6-9,11,13-14,17H,3-5,10H2,1-2H3,(H,18,19). The van der Waals surface area contributed by atoms with Gasteiger partial charge in [-0.1, -0.05) is 18.6 Å². The number of methoxy groups -OCH3 is 1. The summed E-state index contributed by atoms with van der Waals surface area (Å²) in [6.07, 6.45) is 3.59. The molecule has 0 amide bonds. The molecule has 0 heterocycles. The molecule has 1 fully saturated rings. The van der Waals surface area contributed by atoms with E-state index < -0.39 is 5.97 Å². The summed E-state index contributed by atoms with van der Waals surface area (Å²) < 4.78 is 5.15. The van der Waals surface area contributed by atoms with Gasteiger partial charge in [0.1, 0.15) is 5.75 Å². The van der Waals surface area contributed by atoms with Gasteiger partial charge in [-0.2, -0.15) is 0 Å². The Labute approximate surface area is 120 Å². The monoisotopic (exact) mass is 277 g/mol. The number of carboxylic acid groups (broad SMARTS) is 1. The Morgan fingerprint density at radius 3 is 2.65 bits per heavy atom. The summed E-state index contributed by atoms with van der Waals surface area (Å²) >= 11 is 0. The molecule has 2 N–H and O–H groups in total. The summed E-state index contributed by atoms with van der Waals surface area (Å²) in [6, 6.07) is 8.52. The molecule has 4 heteroatoms. The van der Waals surface area contributed by atoms with E-state index in [1.54, 1.807) is 7.11 Å². The van der Waals surface area contributed by atoms with Crippen molar-refractivity contribution in [3.8, 4) is 5.75 Å². The summed E-state index contributed by atoms with van der Waals surface area (Å²) in [4.78, 5) is 11.1. The van der Waals surface area contributed by atoms with Gasteiger partial charge >= 0.3 is 5.97 Å². The zero-order chi connectivity index (χ0) is 14.5. The van der Waals surface area contributed by atoms with Gasteiger partial charge in [-0.15, -0.1) is 0 Å². The van der Waals surface area contributed by atoms with E-state index >= 15 is 0 Å². The second kappa shape index (κ2) is 6.75. The molecule has 110 valence electrons. The Bertz CT molecular complexity index is 444. The predicted octanol–water partition coefficient (Wildman–Crippen LogP) is 2.99. The number of aliphatic carboxylic acids is 1. The number of carbonyl (C=O) groups is 1. The van der Waals surface area contributed by atoms with Gasteiger partial charge < -0.3 is 15.2 Å². The summed E-state index contributed by atoms with van der Waals surface area (Å²) in [6.45, 7) is 2.12. The van der Waals surface area contributed by atoms with Crippen LogP contribution in [0.1, 0.15) is 44.2 Å². The van der Waals surface area contributed by atoms with Crippen LogP contribution < -0.4 is 10.1 Å². The van der Waals surface area contributed by atoms with Crippen LogP contribution in [0.2, 0.25) is 0 Å². The molecule has 0 bridgehead atoms. The van der Waals surface area contributed by atoms with Gasteiger partial charge in [-0.3, -0.25) is 4.79 Å². The van der Waals surface area contributed by atoms with Gasteiger partial charge in [0.25, 0.3) is 0 Å². The van der Waals surface area contributed by atoms with E-state index in [0.717, 1.165) is 31.4 Å². The molecule has 1 aromatic rings. The smallest absolute Gasteiger partial charge is 0.306 e. The third kappa shape index (κ3) is 3.73. The number of hydrogen-bond acceptors (Lipinski definition) is 3. The van der Waals surface area contributed by atoms with E-state index in [1.807, 2.05) is 24.3 Å². The largest absolute Gasteiger partial charge is 0.497 e. The van der Waals surface area contributed by atoms with Crippen LogP contribution in [0.4, 0.5) is 0 Å². The van der Waals surface area contributed by atoms with Gasteiger partial charge in [0.05, 0.1) is 13.0 Å². The van der Waals surface area contributed by atoms with Crippen LogP contribution in [0.3, 0.4) is 0 Å². The highest BCUT2D eigenvalue weighted by molar-refractivity contribution is 5.70. The van der Waals surface area contributed by atoms with Crippen molar-refractivity contribution in [2.24, 2.45) is 5.92 Å². The topological polar surface area (TPSA) is 58.6 Å². The maximum Gasteiger partial charge on any atom is 0.306 e. The summed E-state index contributed by atoms with van der Waals surface area (Å²) in [5.74, 6) is 0.00229. The molecule has 1 saturated carbocycles. The lowest BCUT2D eigenvalue weighted by Crippen LogP contribution is -2.37. The fourth-order valence-electron chi connectivity index (χ4n) is 2.91. The van der Waals surface area contributed by atoms with Crippen molar-refractivity contribution in [1.82, 2.24) is 5.32 Å². The van der Waals surface area contributed by atoms with Gasteiger partial charge in [-0.05, 0) is 43.9 Å². The number of ether oxygens (including phenoxy) is 1. The van der Waals surface area contributed by atoms with E-state index in [4.69, 9.17) is 9.84 Å². The Balaban J connectivity index is 1.92. The van der Waals surface area contributed by atoms with Crippen LogP contribution in [-0.2, 0) is 4.79 Å². The normalized spacial score (nSPS) is 24.1. The van der Waals surface area contributed by atoms with Gasteiger partial charge in [0.2, 0.25) is 0 Å². The Hall–Kier alpha value is -1.55. The van der Waals surface area contributed by atoms with Crippen LogP contribution in [0.15, 0.2) is 24.3 Å². The molecule has 0 aliphatic heterocycles. The zero-order valence-electron chi connectivity index (χ0n) is 12.1. The summed E-state index contributed by atoms with van der Waals surface area (Å²) in [5, 5.41) is 12.7. The fourth-order valence-corrected chi connectivity index (χ4v) is 2.91. The van der Waals surface area contributed by atoms with Crippen molar-refractivity contribution in [2.45, 2.75) is 44.7 Å². The summed E-state index contributed by atoms with van der Waals surface area (Å²) in [5.41, 5.74) is 1.20. The minimum Gasteiger partial charge on any atom is -0.497 e. The van der Waals surface area contributed by atoms with Crippen molar-refractivity contribution < 1.29 is 14.6 Å². The number of rotatable bonds is 5. The molecular formula is C16H23NO3. The van der Waals surface area contributed by atoms with Crippen LogP contribution in [-0.4, -0.2) is 24.2 Å². The second-order valence-electron chi connectivity index (χ2n) is 5.56. The van der Waals surface area contributed by atoms with Crippen LogP contribution >= 0.6 is 0 Å². The van der Waals surface area contributed by atoms with E-state index in [2.05, 4.69) is 12.2 Å². The molecule has 0 radical (unpaired) electrons. The molecule has 0 saturated heterocycles. The molecule has 1 aliphatic rings. The van der Waals surface area contributed by atoms with Gasteiger partial charge in [0.15, 0.2) is 0 Å². The average Bonchev–Trinajstić information content (AvgIpc) is 2.47. The third-order valence-electron chi connectivity index (χ3n) is 4.12. The SMILES string of the molecule is COc1ccc(C(C)NC2CCCC(C(=O)O)C2)cc1. The predicted molar refractivity (Wildman–Crippen MR) is 77.9 cm³/mol. The van der Waals surface area contributed by atoms with E-state index in [0.29, 0.717) is 6.04 Å². The summed E-state index contributed by atoms with van der Waals surface area (Å²) in [7, 11) is 1.66. The Morgan fingerprint density at radius 1 is 1.35 bits per heavy atom. The molecule has 3 unspecified atom stereocenters. The lowest BCUT2D eigenvalue weighted by molar-refractivity contribution is -0.143. The van der Waals surface area contributed by atoms with Gasteiger partial charge in [-0.25, -0.2) is 0 Å². The first-order chi connectivity index (χ1) is 9.60. The number of hydrogen-bond donors (Lipinski definition) is 2. The number of carboxylic acids is 1. The highest BCUT2D eigenvalue weighted by atomic mass is 16.5. The van der Waals surface area contributed by atoms with Crippen molar-refractivity contribution in [3.05, 3.63) is 29.8 Å². The molecule has 3 atom stereocenters. The minimum absolute atomic E-state index is 0.190. The molecule has 0 spiro atoms. The highest BCUT2D eigenvalue weighted by Crippen LogP contribution is 2.27. The van der Waals surface area contributed by atoms with Crippen LogP contribution in [0.25, 0.3) is 0 Å². The molecule has 4 nitrogen and oxygen atoms in total. The zero-order valence-corrected chi connectivity index (χ0v) is 12.1. The van der Waals surface area contributed by atoms with E-state index in [9.17, 15) is 4.79 Å². The van der Waals surface area contributed by atoms with Crippen LogP contribution in [0.5, 0.6) is 5.75 Å². The fraction of sp³-hybridized carbons (Fsp3) is 0.562. The molecule has 1 aliphatic carbocycles. The van der Waals surface area contributed by atoms with Crippen molar-refractivity contribution in [2.75, 3.05) is 7.11 Å². The number of benzene rings is 1. The van der Waals surface area contributed by atoms with Crippen LogP contribution in [0, 0.1) is 5.92 Å². The Kier molecular flexibility index (Phi) is 5.01. The lowest BCUT2D eigenvalue weighted by Gasteiger charge is -2.30. The third-order valence-corrected chi connectivity index (χ3v) is 4.12. The second-order valence-corrected chi connectivity index (χ2v) is 5.56. The quantitative estimate of drug-likeness (QED) is 0.868. The average molecular weight is 277 g/mol. The lowest BCUT2D eigenvalue weighted by atomic mass is 9.85. The molecule has 0 aromatic heterocycles. The molecule has 1 aromatic carbocycles. The van der Waals surface area contributed by atoms with E-state index in [-0.39, 0.29) is 12.0 Å². The van der Waals surface area contributed by atoms with Gasteiger partial charge in [0, 0.05) is 12.1 Å².